The van der Waals surface area contributed by atoms with E-state index in [1.165, 1.54) is 6.07 Å². The third-order valence-electron chi connectivity index (χ3n) is 2.53. The largest absolute Gasteiger partial charge is 0.478 e. The molecule has 0 aromatic heterocycles. The molecule has 0 saturated carbocycles. The van der Waals surface area contributed by atoms with Gasteiger partial charge >= 0.3 is 5.97 Å². The van der Waals surface area contributed by atoms with Gasteiger partial charge in [0.25, 0.3) is 0 Å². The Hall–Kier alpha value is -2.49. The van der Waals surface area contributed by atoms with Crippen LogP contribution in [0.5, 0.6) is 0 Å². The Morgan fingerprint density at radius 3 is 2.06 bits per heavy atom. The summed E-state index contributed by atoms with van der Waals surface area (Å²) in [7, 11) is 0. The number of nitrogens with two attached hydrogens (primary N) is 2. The van der Waals surface area contributed by atoms with E-state index in [2.05, 4.69) is 0 Å². The lowest BCUT2D eigenvalue weighted by molar-refractivity contribution is 0.0698. The van der Waals surface area contributed by atoms with E-state index in [0.29, 0.717) is 5.69 Å². The molecule has 4 heteroatoms. The first kappa shape index (κ1) is 11.0. The molecule has 17 heavy (non-hydrogen) atoms. The summed E-state index contributed by atoms with van der Waals surface area (Å²) < 4.78 is 0. The molecule has 0 atom stereocenters. The Labute approximate surface area is 98.5 Å². The van der Waals surface area contributed by atoms with Crippen LogP contribution in [0.2, 0.25) is 0 Å². The fraction of sp³-hybridized carbons (Fsp3) is 0. The summed E-state index contributed by atoms with van der Waals surface area (Å²) in [5.41, 5.74) is 14.2. The van der Waals surface area contributed by atoms with Crippen molar-refractivity contribution in [2.75, 3.05) is 11.5 Å². The molecule has 2 aromatic rings. The maximum absolute atomic E-state index is 10.8. The van der Waals surface area contributed by atoms with Crippen molar-refractivity contribution in [3.05, 3.63) is 48.0 Å². The van der Waals surface area contributed by atoms with Crippen molar-refractivity contribution < 1.29 is 9.90 Å². The summed E-state index contributed by atoms with van der Waals surface area (Å²) >= 11 is 0. The van der Waals surface area contributed by atoms with Crippen molar-refractivity contribution in [2.45, 2.75) is 0 Å². The van der Waals surface area contributed by atoms with Crippen LogP contribution in [0.25, 0.3) is 11.1 Å². The molecule has 0 unspecified atom stereocenters. The molecule has 0 heterocycles. The smallest absolute Gasteiger partial charge is 0.337 e. The maximum Gasteiger partial charge on any atom is 0.337 e. The fourth-order valence-corrected chi connectivity index (χ4v) is 1.61. The molecule has 0 amide bonds. The van der Waals surface area contributed by atoms with E-state index >= 15 is 0 Å². The van der Waals surface area contributed by atoms with Crippen LogP contribution >= 0.6 is 0 Å². The van der Waals surface area contributed by atoms with Gasteiger partial charge in [0.05, 0.1) is 5.56 Å². The summed E-state index contributed by atoms with van der Waals surface area (Å²) in [6.45, 7) is 0. The molecule has 0 aliphatic carbocycles. The van der Waals surface area contributed by atoms with Gasteiger partial charge in [-0.2, -0.15) is 0 Å². The summed E-state index contributed by atoms with van der Waals surface area (Å²) in [4.78, 5) is 10.8. The SMILES string of the molecule is Nc1ccc(-c2ccc(C(=O)O)c(N)c2)cc1. The second-order valence-electron chi connectivity index (χ2n) is 3.73. The van der Waals surface area contributed by atoms with E-state index in [9.17, 15) is 4.79 Å². The molecule has 4 nitrogen and oxygen atoms in total. The molecule has 2 rings (SSSR count). The normalized spacial score (nSPS) is 10.1. The molecule has 0 radical (unpaired) electrons. The average molecular weight is 228 g/mol. The summed E-state index contributed by atoms with van der Waals surface area (Å²) in [6.07, 6.45) is 0. The first-order valence-electron chi connectivity index (χ1n) is 5.06. The molecule has 0 aliphatic rings. The van der Waals surface area contributed by atoms with Crippen LogP contribution in [-0.4, -0.2) is 11.1 Å². The highest BCUT2D eigenvalue weighted by atomic mass is 16.4. The van der Waals surface area contributed by atoms with Crippen molar-refractivity contribution in [3.63, 3.8) is 0 Å². The maximum atomic E-state index is 10.8. The van der Waals surface area contributed by atoms with Gasteiger partial charge in [-0.1, -0.05) is 18.2 Å². The van der Waals surface area contributed by atoms with Gasteiger partial charge in [0.2, 0.25) is 0 Å². The molecule has 0 saturated heterocycles. The fourth-order valence-electron chi connectivity index (χ4n) is 1.61. The topological polar surface area (TPSA) is 89.3 Å². The third-order valence-corrected chi connectivity index (χ3v) is 2.53. The zero-order chi connectivity index (χ0) is 12.4. The zero-order valence-corrected chi connectivity index (χ0v) is 9.05. The number of hydrogen-bond acceptors (Lipinski definition) is 3. The van der Waals surface area contributed by atoms with Crippen molar-refractivity contribution in [1.82, 2.24) is 0 Å². The number of rotatable bonds is 2. The van der Waals surface area contributed by atoms with Crippen LogP contribution in [0.1, 0.15) is 10.4 Å². The molecule has 0 fully saturated rings. The van der Waals surface area contributed by atoms with Crippen LogP contribution in [0, 0.1) is 0 Å². The van der Waals surface area contributed by atoms with Gasteiger partial charge < -0.3 is 16.6 Å². The lowest BCUT2D eigenvalue weighted by Crippen LogP contribution is -2.02. The average Bonchev–Trinajstić information content (AvgIpc) is 2.29. The molecular formula is C13H12N2O2. The van der Waals surface area contributed by atoms with E-state index in [0.717, 1.165) is 11.1 Å². The summed E-state index contributed by atoms with van der Waals surface area (Å²) in [5.74, 6) is -1.02. The van der Waals surface area contributed by atoms with Crippen LogP contribution in [-0.2, 0) is 0 Å². The quantitative estimate of drug-likeness (QED) is 0.687. The molecule has 86 valence electrons. The van der Waals surface area contributed by atoms with Gasteiger partial charge in [-0.25, -0.2) is 4.79 Å². The monoisotopic (exact) mass is 228 g/mol. The number of carboxylic acid groups (broad SMARTS) is 1. The lowest BCUT2D eigenvalue weighted by Gasteiger charge is -2.06. The molecule has 0 aliphatic heterocycles. The number of benzene rings is 2. The Kier molecular flexibility index (Phi) is 2.70. The number of aromatic carboxylic acids is 1. The van der Waals surface area contributed by atoms with Gasteiger partial charge in [0.15, 0.2) is 0 Å². The second kappa shape index (κ2) is 4.17. The van der Waals surface area contributed by atoms with Gasteiger partial charge in [-0.05, 0) is 35.4 Å². The minimum Gasteiger partial charge on any atom is -0.478 e. The number of anilines is 2. The molecule has 2 aromatic carbocycles. The number of hydrogen-bond donors (Lipinski definition) is 3. The Bertz CT molecular complexity index is 562. The zero-order valence-electron chi connectivity index (χ0n) is 9.05. The van der Waals surface area contributed by atoms with Crippen LogP contribution < -0.4 is 11.5 Å². The standard InChI is InChI=1S/C13H12N2O2/c14-10-4-1-8(2-5-10)9-3-6-11(13(16)17)12(15)7-9/h1-7H,14-15H2,(H,16,17). The van der Waals surface area contributed by atoms with Gasteiger partial charge in [-0.15, -0.1) is 0 Å². The Morgan fingerprint density at radius 1 is 0.941 bits per heavy atom. The molecule has 0 bridgehead atoms. The van der Waals surface area contributed by atoms with Gasteiger partial charge in [0.1, 0.15) is 0 Å². The highest BCUT2D eigenvalue weighted by molar-refractivity contribution is 5.94. The highest BCUT2D eigenvalue weighted by Crippen LogP contribution is 2.24. The number of carbonyl (C=O) groups is 1. The summed E-state index contributed by atoms with van der Waals surface area (Å²) in [6, 6.07) is 12.2. The van der Waals surface area contributed by atoms with E-state index in [1.54, 1.807) is 24.3 Å². The molecular weight excluding hydrogens is 216 g/mol. The predicted molar refractivity (Wildman–Crippen MR) is 67.7 cm³/mol. The predicted octanol–water partition coefficient (Wildman–Crippen LogP) is 2.22. The van der Waals surface area contributed by atoms with Crippen LogP contribution in [0.3, 0.4) is 0 Å². The number of carboxylic acids is 1. The summed E-state index contributed by atoms with van der Waals surface area (Å²) in [5, 5.41) is 8.87. The van der Waals surface area contributed by atoms with Gasteiger partial charge in [-0.3, -0.25) is 0 Å². The molecule has 5 N–H and O–H groups in total. The van der Waals surface area contributed by atoms with Crippen molar-refractivity contribution in [2.24, 2.45) is 0 Å². The lowest BCUT2D eigenvalue weighted by atomic mass is 10.0. The number of nitrogen functional groups attached to an aromatic ring is 2. The first-order valence-corrected chi connectivity index (χ1v) is 5.06. The highest BCUT2D eigenvalue weighted by Gasteiger charge is 2.08. The Balaban J connectivity index is 2.44. The minimum atomic E-state index is -1.02. The van der Waals surface area contributed by atoms with Crippen molar-refractivity contribution in [1.29, 1.82) is 0 Å². The Morgan fingerprint density at radius 2 is 1.53 bits per heavy atom. The minimum absolute atomic E-state index is 0.115. The van der Waals surface area contributed by atoms with E-state index in [4.69, 9.17) is 16.6 Å². The van der Waals surface area contributed by atoms with Crippen molar-refractivity contribution in [3.8, 4) is 11.1 Å². The molecule has 0 spiro atoms. The third kappa shape index (κ3) is 2.20. The second-order valence-corrected chi connectivity index (χ2v) is 3.73. The van der Waals surface area contributed by atoms with E-state index in [-0.39, 0.29) is 11.3 Å². The van der Waals surface area contributed by atoms with Gasteiger partial charge in [0, 0.05) is 11.4 Å². The van der Waals surface area contributed by atoms with Crippen LogP contribution in [0.4, 0.5) is 11.4 Å². The van der Waals surface area contributed by atoms with Crippen molar-refractivity contribution >= 4 is 17.3 Å². The van der Waals surface area contributed by atoms with E-state index in [1.807, 2.05) is 12.1 Å². The van der Waals surface area contributed by atoms with Crippen LogP contribution in [0.15, 0.2) is 42.5 Å². The van der Waals surface area contributed by atoms with E-state index < -0.39 is 5.97 Å². The first-order chi connectivity index (χ1) is 8.08.